The lowest BCUT2D eigenvalue weighted by molar-refractivity contribution is -0.123. The topological polar surface area (TPSA) is 54.0 Å². The smallest absolute Gasteiger partial charge is 0.222 e. The van der Waals surface area contributed by atoms with E-state index < -0.39 is 5.54 Å². The molecule has 1 saturated heterocycles. The number of benzene rings is 1. The van der Waals surface area contributed by atoms with Crippen LogP contribution in [-0.2, 0) is 10.3 Å². The Bertz CT molecular complexity index is 680. The molecular formula is C18H25Cl2N3O. The Morgan fingerprint density at radius 3 is 2.75 bits per heavy atom. The minimum atomic E-state index is -0.490. The fourth-order valence-electron chi connectivity index (χ4n) is 3.23. The molecule has 0 bridgehead atoms. The van der Waals surface area contributed by atoms with Gasteiger partial charge in [-0.3, -0.25) is 9.78 Å². The molecule has 1 aromatic carbocycles. The van der Waals surface area contributed by atoms with Crippen LogP contribution in [0.2, 0.25) is 0 Å². The van der Waals surface area contributed by atoms with E-state index in [1.807, 2.05) is 38.2 Å². The minimum absolute atomic E-state index is 0. The summed E-state index contributed by atoms with van der Waals surface area (Å²) >= 11 is 0. The fraction of sp³-hybridized carbons (Fsp3) is 0.444. The maximum atomic E-state index is 12.3. The molecule has 0 unspecified atom stereocenters. The molecule has 0 spiro atoms. The number of nitrogens with one attached hydrogen (secondary N) is 2. The molecule has 4 nitrogen and oxygen atoms in total. The Balaban J connectivity index is 0.00000144. The van der Waals surface area contributed by atoms with Crippen LogP contribution in [0.5, 0.6) is 0 Å². The number of carbonyl (C=O) groups excluding carboxylic acids is 1. The zero-order chi connectivity index (χ0) is 15.6. The van der Waals surface area contributed by atoms with E-state index in [9.17, 15) is 4.79 Å². The van der Waals surface area contributed by atoms with Crippen molar-refractivity contribution in [3.05, 3.63) is 42.2 Å². The second-order valence-electron chi connectivity index (χ2n) is 6.55. The van der Waals surface area contributed by atoms with Gasteiger partial charge < -0.3 is 10.6 Å². The van der Waals surface area contributed by atoms with Gasteiger partial charge in [0.15, 0.2) is 0 Å². The lowest BCUT2D eigenvalue weighted by atomic mass is 9.94. The predicted octanol–water partition coefficient (Wildman–Crippen LogP) is 3.57. The molecule has 2 heterocycles. The van der Waals surface area contributed by atoms with Crippen LogP contribution in [0.1, 0.15) is 38.8 Å². The van der Waals surface area contributed by atoms with Crippen molar-refractivity contribution in [3.8, 4) is 0 Å². The van der Waals surface area contributed by atoms with Crippen molar-refractivity contribution in [1.29, 1.82) is 0 Å². The third kappa shape index (κ3) is 4.59. The molecule has 132 valence electrons. The Kier molecular flexibility index (Phi) is 7.46. The first-order chi connectivity index (χ1) is 10.6. The summed E-state index contributed by atoms with van der Waals surface area (Å²) in [7, 11) is 0. The highest BCUT2D eigenvalue weighted by molar-refractivity contribution is 5.86. The largest absolute Gasteiger partial charge is 0.346 e. The van der Waals surface area contributed by atoms with Crippen LogP contribution in [0.4, 0.5) is 0 Å². The monoisotopic (exact) mass is 369 g/mol. The van der Waals surface area contributed by atoms with E-state index in [0.29, 0.717) is 12.5 Å². The van der Waals surface area contributed by atoms with Crippen LogP contribution >= 0.6 is 24.8 Å². The summed E-state index contributed by atoms with van der Waals surface area (Å²) in [5.74, 6) is 0.0825. The van der Waals surface area contributed by atoms with E-state index in [4.69, 9.17) is 0 Å². The van der Waals surface area contributed by atoms with Crippen LogP contribution in [-0.4, -0.2) is 23.5 Å². The predicted molar refractivity (Wildman–Crippen MR) is 103 cm³/mol. The molecule has 1 aliphatic rings. The highest BCUT2D eigenvalue weighted by atomic mass is 35.5. The zero-order valence-electron chi connectivity index (χ0n) is 14.0. The van der Waals surface area contributed by atoms with E-state index >= 15 is 0 Å². The van der Waals surface area contributed by atoms with Gasteiger partial charge in [0.05, 0.1) is 11.2 Å². The van der Waals surface area contributed by atoms with Gasteiger partial charge in [0.2, 0.25) is 5.91 Å². The molecule has 0 radical (unpaired) electrons. The molecule has 2 N–H and O–H groups in total. The molecule has 2 aromatic rings. The number of amides is 1. The highest BCUT2D eigenvalue weighted by Gasteiger charge is 2.27. The van der Waals surface area contributed by atoms with Crippen molar-refractivity contribution in [2.45, 2.75) is 44.7 Å². The van der Waals surface area contributed by atoms with Crippen molar-refractivity contribution in [2.24, 2.45) is 0 Å². The van der Waals surface area contributed by atoms with Gasteiger partial charge in [-0.05, 0) is 44.7 Å². The first-order valence-electron chi connectivity index (χ1n) is 7.95. The summed E-state index contributed by atoms with van der Waals surface area (Å²) in [5.41, 5.74) is 0.426. The van der Waals surface area contributed by atoms with Gasteiger partial charge in [0.1, 0.15) is 0 Å². The van der Waals surface area contributed by atoms with Crippen LogP contribution in [0.3, 0.4) is 0 Å². The number of hydrogen-bond donors (Lipinski definition) is 2. The molecule has 1 aromatic heterocycles. The van der Waals surface area contributed by atoms with Crippen molar-refractivity contribution in [2.75, 3.05) is 6.54 Å². The minimum Gasteiger partial charge on any atom is -0.346 e. The molecule has 1 amide bonds. The molecular weight excluding hydrogens is 345 g/mol. The summed E-state index contributed by atoms with van der Waals surface area (Å²) in [6.07, 6.45) is 4.59. The Labute approximate surface area is 155 Å². The van der Waals surface area contributed by atoms with Gasteiger partial charge in [-0.15, -0.1) is 24.8 Å². The number of halogens is 2. The molecule has 0 aliphatic carbocycles. The summed E-state index contributed by atoms with van der Waals surface area (Å²) in [6.45, 7) is 5.05. The van der Waals surface area contributed by atoms with Gasteiger partial charge in [-0.1, -0.05) is 24.3 Å². The van der Waals surface area contributed by atoms with E-state index in [1.54, 1.807) is 0 Å². The summed E-state index contributed by atoms with van der Waals surface area (Å²) in [6, 6.07) is 10.5. The second-order valence-corrected chi connectivity index (χ2v) is 6.55. The third-order valence-electron chi connectivity index (χ3n) is 4.31. The fourth-order valence-corrected chi connectivity index (χ4v) is 3.23. The molecule has 0 saturated carbocycles. The molecule has 1 aliphatic heterocycles. The Hall–Kier alpha value is -1.36. The summed E-state index contributed by atoms with van der Waals surface area (Å²) in [5, 5.41) is 8.75. The average Bonchev–Trinajstić information content (AvgIpc) is 2.98. The van der Waals surface area contributed by atoms with E-state index in [-0.39, 0.29) is 30.7 Å². The van der Waals surface area contributed by atoms with Gasteiger partial charge in [-0.25, -0.2) is 0 Å². The van der Waals surface area contributed by atoms with Gasteiger partial charge in [0, 0.05) is 24.0 Å². The van der Waals surface area contributed by atoms with Crippen molar-refractivity contribution >= 4 is 41.5 Å². The van der Waals surface area contributed by atoms with Crippen LogP contribution in [0.15, 0.2) is 36.5 Å². The maximum absolute atomic E-state index is 12.3. The standard InChI is InChI=1S/C18H23N3O.2ClH/c1-18(2,21-16(22)12-14-7-5-10-19-14)17-15-8-4-3-6-13(15)9-11-20-17;;/h3-4,6,8-9,11,14,19H,5,7,10,12H2,1-2H3,(H,21,22);2*1H/t14-;;/m0../s1. The zero-order valence-corrected chi connectivity index (χ0v) is 15.7. The number of carbonyl (C=O) groups is 1. The first-order valence-corrected chi connectivity index (χ1v) is 7.95. The number of aromatic nitrogens is 1. The molecule has 1 atom stereocenters. The number of pyridine rings is 1. The number of fused-ring (bicyclic) bond motifs is 1. The molecule has 24 heavy (non-hydrogen) atoms. The van der Waals surface area contributed by atoms with Crippen molar-refractivity contribution in [1.82, 2.24) is 15.6 Å². The van der Waals surface area contributed by atoms with Crippen LogP contribution in [0, 0.1) is 0 Å². The number of hydrogen-bond acceptors (Lipinski definition) is 3. The second kappa shape index (κ2) is 8.65. The van der Waals surface area contributed by atoms with E-state index in [1.165, 1.54) is 0 Å². The lowest BCUT2D eigenvalue weighted by Gasteiger charge is -2.27. The normalized spacial score (nSPS) is 17.0. The van der Waals surface area contributed by atoms with Gasteiger partial charge in [0.25, 0.3) is 0 Å². The molecule has 1 fully saturated rings. The highest BCUT2D eigenvalue weighted by Crippen LogP contribution is 2.26. The molecule has 3 rings (SSSR count). The Morgan fingerprint density at radius 1 is 1.29 bits per heavy atom. The average molecular weight is 370 g/mol. The SMILES string of the molecule is CC(C)(NC(=O)C[C@@H]1CCCN1)c1nccc2ccccc12.Cl.Cl. The first kappa shape index (κ1) is 20.7. The van der Waals surface area contributed by atoms with E-state index in [2.05, 4.69) is 27.8 Å². The lowest BCUT2D eigenvalue weighted by Crippen LogP contribution is -2.43. The maximum Gasteiger partial charge on any atom is 0.222 e. The van der Waals surface area contributed by atoms with E-state index in [0.717, 1.165) is 35.9 Å². The Morgan fingerprint density at radius 2 is 2.04 bits per heavy atom. The number of nitrogens with zero attached hydrogens (tertiary/aromatic N) is 1. The van der Waals surface area contributed by atoms with Crippen LogP contribution < -0.4 is 10.6 Å². The van der Waals surface area contributed by atoms with Gasteiger partial charge >= 0.3 is 0 Å². The van der Waals surface area contributed by atoms with Gasteiger partial charge in [-0.2, -0.15) is 0 Å². The summed E-state index contributed by atoms with van der Waals surface area (Å²) in [4.78, 5) is 16.9. The number of rotatable bonds is 4. The summed E-state index contributed by atoms with van der Waals surface area (Å²) < 4.78 is 0. The van der Waals surface area contributed by atoms with Crippen LogP contribution in [0.25, 0.3) is 10.8 Å². The quantitative estimate of drug-likeness (QED) is 0.865. The molecule has 6 heteroatoms. The van der Waals surface area contributed by atoms with Crippen molar-refractivity contribution in [3.63, 3.8) is 0 Å². The third-order valence-corrected chi connectivity index (χ3v) is 4.31. The van der Waals surface area contributed by atoms with Crippen molar-refractivity contribution < 1.29 is 4.79 Å².